The number of sulfone groups is 1. The number of fused-ring (bicyclic) bond motifs is 1. The van der Waals surface area contributed by atoms with Gasteiger partial charge in [-0.2, -0.15) is 5.10 Å². The van der Waals surface area contributed by atoms with Crippen LogP contribution in [0.15, 0.2) is 51.2 Å². The maximum atomic E-state index is 13.0. The number of benzene rings is 1. The van der Waals surface area contributed by atoms with Crippen LogP contribution < -0.4 is 10.9 Å². The van der Waals surface area contributed by atoms with Crippen LogP contribution in [-0.2, 0) is 29.6 Å². The molecule has 0 bridgehead atoms. The largest absolute Gasteiger partial charge is 0.458 e. The highest BCUT2D eigenvalue weighted by Gasteiger charge is 2.42. The SMILES string of the molecule is C/N=C\C[C@@]1(n2nc(Nc3ccc(S(=O)(=O)C(C)(C)C)cc3)c3c(=O)[nH]ccc32)CC[C@@H](C(=O)OC(C)(C)C)OC1. The molecule has 11 nitrogen and oxygen atoms in total. The molecule has 0 aliphatic carbocycles. The van der Waals surface area contributed by atoms with Crippen molar-refractivity contribution >= 4 is 44.4 Å². The molecule has 4 rings (SSSR count). The van der Waals surface area contributed by atoms with Gasteiger partial charge < -0.3 is 24.8 Å². The van der Waals surface area contributed by atoms with Gasteiger partial charge in [0.15, 0.2) is 21.8 Å². The molecule has 41 heavy (non-hydrogen) atoms. The summed E-state index contributed by atoms with van der Waals surface area (Å²) in [6.45, 7) is 10.6. The molecule has 3 aromatic rings. The molecule has 1 saturated heterocycles. The van der Waals surface area contributed by atoms with Crippen LogP contribution >= 0.6 is 0 Å². The number of hydrogen-bond donors (Lipinski definition) is 2. The first-order valence-electron chi connectivity index (χ1n) is 13.6. The zero-order valence-electron chi connectivity index (χ0n) is 24.6. The van der Waals surface area contributed by atoms with E-state index in [4.69, 9.17) is 14.6 Å². The van der Waals surface area contributed by atoms with Crippen molar-refractivity contribution in [2.24, 2.45) is 4.99 Å². The van der Waals surface area contributed by atoms with Gasteiger partial charge in [0.05, 0.1) is 27.3 Å². The van der Waals surface area contributed by atoms with Crippen molar-refractivity contribution in [2.45, 2.75) is 87.7 Å². The molecule has 0 radical (unpaired) electrons. The van der Waals surface area contributed by atoms with Gasteiger partial charge in [0.2, 0.25) is 0 Å². The van der Waals surface area contributed by atoms with Gasteiger partial charge in [-0.05, 0) is 84.7 Å². The average molecular weight is 586 g/mol. The van der Waals surface area contributed by atoms with Crippen molar-refractivity contribution < 1.29 is 22.7 Å². The van der Waals surface area contributed by atoms with Crippen molar-refractivity contribution in [1.29, 1.82) is 0 Å². The number of rotatable bonds is 7. The Morgan fingerprint density at radius 2 is 1.90 bits per heavy atom. The van der Waals surface area contributed by atoms with Crippen LogP contribution in [0.4, 0.5) is 11.5 Å². The van der Waals surface area contributed by atoms with Gasteiger partial charge >= 0.3 is 5.97 Å². The summed E-state index contributed by atoms with van der Waals surface area (Å²) < 4.78 is 38.1. The fourth-order valence-corrected chi connectivity index (χ4v) is 5.98. The van der Waals surface area contributed by atoms with Crippen molar-refractivity contribution in [3.05, 3.63) is 46.9 Å². The lowest BCUT2D eigenvalue weighted by Crippen LogP contribution is -2.48. The minimum atomic E-state index is -3.52. The van der Waals surface area contributed by atoms with Crippen LogP contribution in [0.3, 0.4) is 0 Å². The number of ether oxygens (including phenoxy) is 2. The lowest BCUT2D eigenvalue weighted by molar-refractivity contribution is -0.176. The molecule has 0 unspecified atom stereocenters. The fourth-order valence-electron chi connectivity index (χ4n) is 4.77. The molecular weight excluding hydrogens is 546 g/mol. The molecule has 0 amide bonds. The number of carbonyl (C=O) groups is 1. The quantitative estimate of drug-likeness (QED) is 0.308. The van der Waals surface area contributed by atoms with Gasteiger partial charge in [-0.1, -0.05) is 0 Å². The van der Waals surface area contributed by atoms with E-state index < -0.39 is 37.8 Å². The van der Waals surface area contributed by atoms with Crippen molar-refractivity contribution in [1.82, 2.24) is 14.8 Å². The van der Waals surface area contributed by atoms with E-state index in [1.54, 1.807) is 63.1 Å². The Hall–Kier alpha value is -3.51. The number of aromatic amines is 1. The molecule has 2 N–H and O–H groups in total. The Morgan fingerprint density at radius 1 is 1.22 bits per heavy atom. The highest BCUT2D eigenvalue weighted by Crippen LogP contribution is 2.37. The van der Waals surface area contributed by atoms with Crippen LogP contribution in [0.5, 0.6) is 0 Å². The maximum absolute atomic E-state index is 13.0. The summed E-state index contributed by atoms with van der Waals surface area (Å²) in [6.07, 6.45) is 4.04. The van der Waals surface area contributed by atoms with E-state index in [1.165, 1.54) is 12.1 Å². The van der Waals surface area contributed by atoms with Gasteiger partial charge in [-0.25, -0.2) is 13.2 Å². The smallest absolute Gasteiger partial charge is 0.335 e. The second-order valence-electron chi connectivity index (χ2n) is 12.3. The molecule has 1 fully saturated rings. The van der Waals surface area contributed by atoms with Gasteiger partial charge in [0, 0.05) is 31.6 Å². The molecule has 3 heterocycles. The van der Waals surface area contributed by atoms with Gasteiger partial charge in [-0.3, -0.25) is 9.48 Å². The topological polar surface area (TPSA) is 145 Å². The molecule has 222 valence electrons. The normalized spacial score (nSPS) is 20.4. The number of aliphatic imine (C=N–C) groups is 1. The van der Waals surface area contributed by atoms with Crippen molar-refractivity contribution in [3.63, 3.8) is 0 Å². The summed E-state index contributed by atoms with van der Waals surface area (Å²) in [6, 6.07) is 8.15. The third-order valence-electron chi connectivity index (χ3n) is 7.04. The zero-order valence-corrected chi connectivity index (χ0v) is 25.5. The number of anilines is 2. The Morgan fingerprint density at radius 3 is 2.46 bits per heavy atom. The number of H-pyrrole nitrogens is 1. The zero-order chi connectivity index (χ0) is 30.2. The molecule has 0 saturated carbocycles. The van der Waals surface area contributed by atoms with Crippen LogP contribution in [0.1, 0.15) is 60.8 Å². The highest BCUT2D eigenvalue weighted by molar-refractivity contribution is 7.92. The van der Waals surface area contributed by atoms with Gasteiger partial charge in [0.1, 0.15) is 11.0 Å². The molecular formula is C29H39N5O6S. The Bertz CT molecular complexity index is 1600. The number of aromatic nitrogens is 3. The van der Waals surface area contributed by atoms with E-state index in [9.17, 15) is 18.0 Å². The van der Waals surface area contributed by atoms with E-state index in [-0.39, 0.29) is 17.1 Å². The van der Waals surface area contributed by atoms with E-state index in [1.807, 2.05) is 20.8 Å². The number of esters is 1. The predicted molar refractivity (Wildman–Crippen MR) is 159 cm³/mol. The lowest BCUT2D eigenvalue weighted by atomic mass is 9.87. The lowest BCUT2D eigenvalue weighted by Gasteiger charge is -2.39. The minimum Gasteiger partial charge on any atom is -0.458 e. The second-order valence-corrected chi connectivity index (χ2v) is 15.0. The summed E-state index contributed by atoms with van der Waals surface area (Å²) in [5.41, 5.74) is -0.507. The third kappa shape index (κ3) is 6.23. The summed E-state index contributed by atoms with van der Waals surface area (Å²) in [7, 11) is -1.83. The van der Waals surface area contributed by atoms with Gasteiger partial charge in [0.25, 0.3) is 5.56 Å². The molecule has 1 aliphatic rings. The van der Waals surface area contributed by atoms with Crippen LogP contribution in [0, 0.1) is 0 Å². The number of nitrogens with zero attached hydrogens (tertiary/aromatic N) is 3. The van der Waals surface area contributed by atoms with Crippen LogP contribution in [-0.4, -0.2) is 65.5 Å². The monoisotopic (exact) mass is 585 g/mol. The average Bonchev–Trinajstić information content (AvgIpc) is 3.26. The highest BCUT2D eigenvalue weighted by atomic mass is 32.2. The van der Waals surface area contributed by atoms with E-state index in [2.05, 4.69) is 15.3 Å². The van der Waals surface area contributed by atoms with E-state index >= 15 is 0 Å². The Balaban J connectivity index is 1.70. The van der Waals surface area contributed by atoms with Gasteiger partial charge in [-0.15, -0.1) is 0 Å². The molecule has 2 atom stereocenters. The van der Waals surface area contributed by atoms with Crippen LogP contribution in [0.25, 0.3) is 10.9 Å². The Labute approximate surface area is 240 Å². The predicted octanol–water partition coefficient (Wildman–Crippen LogP) is 4.35. The number of hydrogen-bond acceptors (Lipinski definition) is 9. The maximum Gasteiger partial charge on any atom is 0.335 e. The number of pyridine rings is 1. The number of nitrogens with one attached hydrogen (secondary N) is 2. The first-order valence-corrected chi connectivity index (χ1v) is 15.0. The first kappa shape index (κ1) is 30.4. The molecule has 12 heteroatoms. The minimum absolute atomic E-state index is 0.158. The second kappa shape index (κ2) is 11.1. The van der Waals surface area contributed by atoms with E-state index in [0.717, 1.165) is 0 Å². The Kier molecular flexibility index (Phi) is 8.21. The summed E-state index contributed by atoms with van der Waals surface area (Å²) in [5, 5.41) is 8.39. The van der Waals surface area contributed by atoms with Crippen molar-refractivity contribution in [3.8, 4) is 0 Å². The summed E-state index contributed by atoms with van der Waals surface area (Å²) in [4.78, 5) is 32.8. The third-order valence-corrected chi connectivity index (χ3v) is 9.54. The molecule has 0 spiro atoms. The molecule has 1 aliphatic heterocycles. The number of carbonyl (C=O) groups excluding carboxylic acids is 1. The molecule has 2 aromatic heterocycles. The summed E-state index contributed by atoms with van der Waals surface area (Å²) >= 11 is 0. The molecule has 1 aromatic carbocycles. The standard InChI is InChI=1S/C29H39N5O6S/c1-27(2,3)40-26(36)22-12-14-29(18-39-22,15-17-30-7)34-21-13-16-31-25(35)23(21)24(33-34)32-19-8-10-20(11-9-19)41(37,38)28(4,5)6/h8-11,13,16-17,22H,12,14-15,18H2,1-7H3,(H,31,35)(H,32,33)/b30-17-/t22-,29-/m0/s1. The summed E-state index contributed by atoms with van der Waals surface area (Å²) in [5.74, 6) is -0.0911. The van der Waals surface area contributed by atoms with Crippen LogP contribution in [0.2, 0.25) is 0 Å². The first-order chi connectivity index (χ1) is 19.1. The fraction of sp³-hybridized carbons (Fsp3) is 0.517. The van der Waals surface area contributed by atoms with E-state index in [0.29, 0.717) is 41.7 Å². The van der Waals surface area contributed by atoms with Crippen molar-refractivity contribution in [2.75, 3.05) is 19.0 Å².